The van der Waals surface area contributed by atoms with Crippen LogP contribution in [0.1, 0.15) is 29.7 Å². The Kier molecular flexibility index (Phi) is 7.47. The van der Waals surface area contributed by atoms with Gasteiger partial charge in [0.25, 0.3) is 5.78 Å². The van der Waals surface area contributed by atoms with Gasteiger partial charge in [-0.15, -0.1) is 10.2 Å². The predicted molar refractivity (Wildman–Crippen MR) is 143 cm³/mol. The number of hydrogen-bond acceptors (Lipinski definition) is 9. The molecule has 11 heteroatoms. The van der Waals surface area contributed by atoms with Crippen LogP contribution in [0.3, 0.4) is 0 Å². The van der Waals surface area contributed by atoms with E-state index in [1.807, 2.05) is 6.92 Å². The summed E-state index contributed by atoms with van der Waals surface area (Å²) in [4.78, 5) is 31.8. The summed E-state index contributed by atoms with van der Waals surface area (Å²) in [7, 11) is 0. The smallest absolute Gasteiger partial charge is 0.301 e. The van der Waals surface area contributed by atoms with E-state index in [1.165, 1.54) is 22.7 Å². The Balaban J connectivity index is 1.51. The van der Waals surface area contributed by atoms with Crippen molar-refractivity contribution in [2.45, 2.75) is 23.1 Å². The number of ether oxygens (including phenoxy) is 1. The first kappa shape index (κ1) is 25.6. The van der Waals surface area contributed by atoms with Gasteiger partial charge in [-0.05, 0) is 60.5 Å². The number of benzene rings is 2. The summed E-state index contributed by atoms with van der Waals surface area (Å²) in [5.41, 5.74) is 1.38. The molecule has 3 heterocycles. The Labute approximate surface area is 225 Å². The van der Waals surface area contributed by atoms with Crippen molar-refractivity contribution < 1.29 is 23.8 Å². The van der Waals surface area contributed by atoms with Crippen LogP contribution in [0.5, 0.6) is 5.75 Å². The molecule has 1 N–H and O–H groups in total. The van der Waals surface area contributed by atoms with Gasteiger partial charge in [-0.3, -0.25) is 19.5 Å². The van der Waals surface area contributed by atoms with Crippen LogP contribution >= 0.6 is 23.1 Å². The van der Waals surface area contributed by atoms with Gasteiger partial charge in [0.05, 0.1) is 18.2 Å². The van der Waals surface area contributed by atoms with Crippen LogP contribution in [0.2, 0.25) is 0 Å². The molecule has 2 aromatic heterocycles. The highest BCUT2D eigenvalue weighted by molar-refractivity contribution is 8.00. The number of thioether (sulfide) groups is 1. The van der Waals surface area contributed by atoms with E-state index in [4.69, 9.17) is 4.74 Å². The van der Waals surface area contributed by atoms with Gasteiger partial charge >= 0.3 is 5.91 Å². The number of hydrogen-bond donors (Lipinski definition) is 1. The number of carbonyl (C=O) groups excluding carboxylic acids is 2. The van der Waals surface area contributed by atoms with Crippen molar-refractivity contribution in [1.29, 1.82) is 0 Å². The second kappa shape index (κ2) is 11.1. The molecule has 0 bridgehead atoms. The van der Waals surface area contributed by atoms with Gasteiger partial charge in [0.15, 0.2) is 4.34 Å². The molecule has 0 saturated carbocycles. The Bertz CT molecular complexity index is 1510. The number of aliphatic hydroxyl groups is 1. The van der Waals surface area contributed by atoms with Crippen LogP contribution in [0, 0.1) is 5.82 Å². The van der Waals surface area contributed by atoms with E-state index >= 15 is 0 Å². The van der Waals surface area contributed by atoms with E-state index in [-0.39, 0.29) is 22.3 Å². The molecule has 8 nitrogen and oxygen atoms in total. The van der Waals surface area contributed by atoms with Gasteiger partial charge in [-0.2, -0.15) is 0 Å². The fourth-order valence-electron chi connectivity index (χ4n) is 4.04. The number of amides is 1. The van der Waals surface area contributed by atoms with E-state index in [0.29, 0.717) is 39.1 Å². The maximum atomic E-state index is 14.0. The minimum Gasteiger partial charge on any atom is -0.507 e. The van der Waals surface area contributed by atoms with Crippen molar-refractivity contribution in [1.82, 2.24) is 15.2 Å². The molecule has 2 aromatic carbocycles. The molecule has 1 saturated heterocycles. The second-order valence-electron chi connectivity index (χ2n) is 8.14. The fourth-order valence-corrected chi connectivity index (χ4v) is 5.89. The molecular formula is C27H21FN4O4S2. The summed E-state index contributed by atoms with van der Waals surface area (Å²) in [6, 6.07) is 15.5. The van der Waals surface area contributed by atoms with Crippen LogP contribution < -0.4 is 9.64 Å². The average molecular weight is 549 g/mol. The molecule has 5 rings (SSSR count). The zero-order valence-electron chi connectivity index (χ0n) is 20.1. The average Bonchev–Trinajstić information content (AvgIpc) is 3.51. The van der Waals surface area contributed by atoms with Crippen LogP contribution in [0.25, 0.3) is 5.76 Å². The molecule has 1 fully saturated rings. The second-order valence-corrected chi connectivity index (χ2v) is 10.3. The van der Waals surface area contributed by atoms with E-state index in [0.717, 1.165) is 11.3 Å². The number of anilines is 1. The van der Waals surface area contributed by atoms with Crippen molar-refractivity contribution in [3.05, 3.63) is 101 Å². The van der Waals surface area contributed by atoms with Crippen LogP contribution in [0.4, 0.5) is 9.52 Å². The van der Waals surface area contributed by atoms with Gasteiger partial charge in [-0.25, -0.2) is 4.39 Å². The summed E-state index contributed by atoms with van der Waals surface area (Å²) in [5, 5.41) is 19.7. The first-order valence-corrected chi connectivity index (χ1v) is 13.4. The van der Waals surface area contributed by atoms with Gasteiger partial charge in [-0.1, -0.05) is 41.3 Å². The topological polar surface area (TPSA) is 106 Å². The third kappa shape index (κ3) is 5.02. The Hall–Kier alpha value is -4.09. The predicted octanol–water partition coefficient (Wildman–Crippen LogP) is 5.39. The highest BCUT2D eigenvalue weighted by Gasteiger charge is 2.48. The lowest BCUT2D eigenvalue weighted by molar-refractivity contribution is -0.132. The van der Waals surface area contributed by atoms with E-state index < -0.39 is 17.7 Å². The standard InChI is InChI=1S/C27H21FN4O4S2/c1-2-36-19-9-7-17(8-10-19)23(33)21-22(16-11-13-29-14-12-16)32(25(35)24(21)34)26-30-31-27(38-26)37-15-18-5-3-4-6-20(18)28/h3-14,22,33H,2,15H2,1H3/b23-21-. The molecule has 38 heavy (non-hydrogen) atoms. The number of Topliss-reactive ketones (excluding diaryl/α,β-unsaturated/α-hetero) is 1. The van der Waals surface area contributed by atoms with Gasteiger partial charge in [0, 0.05) is 23.7 Å². The molecule has 0 aliphatic carbocycles. The lowest BCUT2D eigenvalue weighted by atomic mass is 9.96. The number of nitrogens with zero attached hydrogens (tertiary/aromatic N) is 4. The number of rotatable bonds is 8. The van der Waals surface area contributed by atoms with Crippen LogP contribution in [0.15, 0.2) is 83.0 Å². The number of halogens is 1. The van der Waals surface area contributed by atoms with Crippen LogP contribution in [-0.2, 0) is 15.3 Å². The first-order chi connectivity index (χ1) is 18.5. The Morgan fingerprint density at radius 2 is 1.82 bits per heavy atom. The molecule has 1 aliphatic rings. The highest BCUT2D eigenvalue weighted by Crippen LogP contribution is 2.44. The summed E-state index contributed by atoms with van der Waals surface area (Å²) >= 11 is 2.39. The first-order valence-electron chi connectivity index (χ1n) is 11.6. The van der Waals surface area contributed by atoms with Crippen molar-refractivity contribution in [3.63, 3.8) is 0 Å². The molecule has 0 radical (unpaired) electrons. The van der Waals surface area contributed by atoms with Gasteiger partial charge < -0.3 is 9.84 Å². The summed E-state index contributed by atoms with van der Waals surface area (Å²) < 4.78 is 20.0. The zero-order valence-corrected chi connectivity index (χ0v) is 21.7. The highest BCUT2D eigenvalue weighted by atomic mass is 32.2. The van der Waals surface area contributed by atoms with Crippen molar-refractivity contribution in [2.75, 3.05) is 11.5 Å². The quantitative estimate of drug-likeness (QED) is 0.103. The number of aliphatic hydroxyl groups excluding tert-OH is 1. The van der Waals surface area contributed by atoms with E-state index in [1.54, 1.807) is 67.0 Å². The lowest BCUT2D eigenvalue weighted by Crippen LogP contribution is -2.29. The van der Waals surface area contributed by atoms with Gasteiger partial charge in [0.2, 0.25) is 5.13 Å². The molecule has 0 spiro atoms. The van der Waals surface area contributed by atoms with Crippen LogP contribution in [-0.4, -0.2) is 38.6 Å². The minimum absolute atomic E-state index is 0.0684. The maximum Gasteiger partial charge on any atom is 0.301 e. The monoisotopic (exact) mass is 548 g/mol. The SMILES string of the molecule is CCOc1ccc(/C(O)=C2/C(=O)C(=O)N(c3nnc(SCc4ccccc4F)s3)C2c2ccncc2)cc1. The third-order valence-electron chi connectivity index (χ3n) is 5.82. The molecule has 4 aromatic rings. The number of ketones is 1. The maximum absolute atomic E-state index is 14.0. The summed E-state index contributed by atoms with van der Waals surface area (Å²) in [6.07, 6.45) is 3.09. The molecule has 1 unspecified atom stereocenters. The normalized spacial score (nSPS) is 16.7. The van der Waals surface area contributed by atoms with Gasteiger partial charge in [0.1, 0.15) is 17.3 Å². The number of carbonyl (C=O) groups is 2. The van der Waals surface area contributed by atoms with Crippen molar-refractivity contribution in [2.24, 2.45) is 0 Å². The number of aromatic nitrogens is 3. The Morgan fingerprint density at radius 1 is 1.08 bits per heavy atom. The van der Waals surface area contributed by atoms with E-state index in [2.05, 4.69) is 15.2 Å². The lowest BCUT2D eigenvalue weighted by Gasteiger charge is -2.22. The number of pyridine rings is 1. The molecule has 192 valence electrons. The largest absolute Gasteiger partial charge is 0.507 e. The summed E-state index contributed by atoms with van der Waals surface area (Å²) in [5.74, 6) is -1.36. The fraction of sp³-hybridized carbons (Fsp3) is 0.148. The van der Waals surface area contributed by atoms with Crippen molar-refractivity contribution in [3.8, 4) is 5.75 Å². The molecular weight excluding hydrogens is 527 g/mol. The molecule has 1 amide bonds. The third-order valence-corrected chi connectivity index (χ3v) is 7.92. The molecule has 1 aliphatic heterocycles. The Morgan fingerprint density at radius 3 is 2.53 bits per heavy atom. The summed E-state index contributed by atoms with van der Waals surface area (Å²) in [6.45, 7) is 2.35. The van der Waals surface area contributed by atoms with E-state index in [9.17, 15) is 19.1 Å². The zero-order chi connectivity index (χ0) is 26.6. The minimum atomic E-state index is -0.943. The van der Waals surface area contributed by atoms with Crippen molar-refractivity contribution >= 4 is 45.7 Å². The molecule has 1 atom stereocenters.